The van der Waals surface area contributed by atoms with Gasteiger partial charge in [-0.2, -0.15) is 13.2 Å². The Kier molecular flexibility index (Phi) is 4.81. The molecule has 5 rings (SSSR count). The Balaban J connectivity index is 1.48. The normalized spacial score (nSPS) is 19.6. The lowest BCUT2D eigenvalue weighted by molar-refractivity contribution is -0.137. The van der Waals surface area contributed by atoms with E-state index in [0.29, 0.717) is 42.0 Å². The Morgan fingerprint density at radius 1 is 1.09 bits per heavy atom. The fourth-order valence-electron chi connectivity index (χ4n) is 3.68. The molecule has 0 saturated carbocycles. The third-order valence-electron chi connectivity index (χ3n) is 5.10. The number of aromatic nitrogens is 6. The monoisotopic (exact) mass is 445 g/mol. The lowest BCUT2D eigenvalue weighted by atomic mass is 10.2. The van der Waals surface area contributed by atoms with Gasteiger partial charge in [0.25, 0.3) is 0 Å². The molecule has 5 heterocycles. The van der Waals surface area contributed by atoms with E-state index in [1.807, 2.05) is 11.8 Å². The standard InChI is InChI=1S/C20H18F3N7O2/c1-11-8-29(10-15(31-11)19-28-27-12(2)32-19)17-5-6-24-18(26-17)14-7-25-16-4-3-13(9-30(14)16)20(21,22)23/h3-7,9,11,15H,8,10H2,1-2H3/t11-,15-/m1/s1. The number of morpholine rings is 1. The molecule has 0 spiro atoms. The van der Waals surface area contributed by atoms with Crippen molar-refractivity contribution in [3.8, 4) is 11.5 Å². The summed E-state index contributed by atoms with van der Waals surface area (Å²) in [6.45, 7) is 4.62. The van der Waals surface area contributed by atoms with Gasteiger partial charge in [-0.3, -0.25) is 4.40 Å². The average Bonchev–Trinajstić information content (AvgIpc) is 3.38. The largest absolute Gasteiger partial charge is 0.423 e. The van der Waals surface area contributed by atoms with E-state index < -0.39 is 17.8 Å². The summed E-state index contributed by atoms with van der Waals surface area (Å²) in [5.74, 6) is 1.70. The van der Waals surface area contributed by atoms with Crippen molar-refractivity contribution in [2.45, 2.75) is 32.2 Å². The van der Waals surface area contributed by atoms with E-state index in [4.69, 9.17) is 9.15 Å². The number of hydrogen-bond acceptors (Lipinski definition) is 8. The number of alkyl halides is 3. The van der Waals surface area contributed by atoms with Gasteiger partial charge in [-0.15, -0.1) is 10.2 Å². The molecule has 166 valence electrons. The van der Waals surface area contributed by atoms with Crippen LogP contribution >= 0.6 is 0 Å². The second kappa shape index (κ2) is 7.55. The first-order valence-corrected chi connectivity index (χ1v) is 9.86. The fraction of sp³-hybridized carbons (Fsp3) is 0.350. The van der Waals surface area contributed by atoms with Gasteiger partial charge in [0.15, 0.2) is 11.9 Å². The summed E-state index contributed by atoms with van der Waals surface area (Å²) in [6, 6.07) is 4.05. The molecule has 0 bridgehead atoms. The van der Waals surface area contributed by atoms with E-state index in [1.165, 1.54) is 16.7 Å². The molecule has 2 atom stereocenters. The SMILES string of the molecule is Cc1nnc([C@H]2CN(c3ccnc(-c4cnc5ccc(C(F)(F)F)cn45)n3)C[C@@H](C)O2)o1. The zero-order valence-electron chi connectivity index (χ0n) is 17.1. The highest BCUT2D eigenvalue weighted by Crippen LogP contribution is 2.31. The minimum Gasteiger partial charge on any atom is -0.423 e. The maximum atomic E-state index is 13.2. The van der Waals surface area contributed by atoms with Crippen molar-refractivity contribution in [2.75, 3.05) is 18.0 Å². The van der Waals surface area contributed by atoms with Crippen LogP contribution in [0.1, 0.15) is 30.4 Å². The van der Waals surface area contributed by atoms with Crippen molar-refractivity contribution >= 4 is 11.5 Å². The number of anilines is 1. The van der Waals surface area contributed by atoms with Crippen LogP contribution in [-0.4, -0.2) is 48.7 Å². The first-order valence-electron chi connectivity index (χ1n) is 9.86. The number of halogens is 3. The van der Waals surface area contributed by atoms with Gasteiger partial charge in [-0.1, -0.05) is 0 Å². The van der Waals surface area contributed by atoms with Crippen molar-refractivity contribution in [3.63, 3.8) is 0 Å². The molecule has 0 N–H and O–H groups in total. The summed E-state index contributed by atoms with van der Waals surface area (Å²) in [5, 5.41) is 7.90. The molecule has 0 aromatic carbocycles. The smallest absolute Gasteiger partial charge is 0.417 e. The Hall–Kier alpha value is -3.54. The van der Waals surface area contributed by atoms with Gasteiger partial charge in [0.2, 0.25) is 11.8 Å². The molecule has 9 nitrogen and oxygen atoms in total. The molecule has 0 amide bonds. The summed E-state index contributed by atoms with van der Waals surface area (Å²) < 4.78 is 52.3. The number of fused-ring (bicyclic) bond motifs is 1. The number of hydrogen-bond donors (Lipinski definition) is 0. The van der Waals surface area contributed by atoms with Crippen molar-refractivity contribution in [2.24, 2.45) is 0 Å². The van der Waals surface area contributed by atoms with Crippen LogP contribution < -0.4 is 4.90 Å². The highest BCUT2D eigenvalue weighted by molar-refractivity contribution is 5.59. The maximum absolute atomic E-state index is 13.2. The quantitative estimate of drug-likeness (QED) is 0.473. The number of nitrogens with zero attached hydrogens (tertiary/aromatic N) is 7. The first kappa shape index (κ1) is 20.4. The second-order valence-corrected chi connectivity index (χ2v) is 7.53. The van der Waals surface area contributed by atoms with Gasteiger partial charge in [0.1, 0.15) is 17.2 Å². The summed E-state index contributed by atoms with van der Waals surface area (Å²) in [5.41, 5.74) is -0.0488. The van der Waals surface area contributed by atoms with Crippen LogP contribution in [0.2, 0.25) is 0 Å². The Bertz CT molecular complexity index is 1270. The van der Waals surface area contributed by atoms with Crippen LogP contribution in [0.4, 0.5) is 19.0 Å². The van der Waals surface area contributed by atoms with E-state index in [0.717, 1.165) is 12.3 Å². The van der Waals surface area contributed by atoms with Crippen LogP contribution in [0.25, 0.3) is 17.2 Å². The van der Waals surface area contributed by atoms with Crippen molar-refractivity contribution in [1.82, 2.24) is 29.5 Å². The molecule has 0 unspecified atom stereocenters. The third kappa shape index (κ3) is 3.77. The fourth-order valence-corrected chi connectivity index (χ4v) is 3.68. The molecule has 1 aliphatic heterocycles. The molecule has 1 aliphatic rings. The highest BCUT2D eigenvalue weighted by atomic mass is 19.4. The first-order chi connectivity index (χ1) is 15.3. The van der Waals surface area contributed by atoms with E-state index in [-0.39, 0.29) is 11.9 Å². The Morgan fingerprint density at radius 2 is 1.94 bits per heavy atom. The molecule has 12 heteroatoms. The van der Waals surface area contributed by atoms with E-state index in [9.17, 15) is 13.2 Å². The molecule has 1 fully saturated rings. The summed E-state index contributed by atoms with van der Waals surface area (Å²) in [4.78, 5) is 15.0. The summed E-state index contributed by atoms with van der Waals surface area (Å²) >= 11 is 0. The predicted molar refractivity (Wildman–Crippen MR) is 106 cm³/mol. The van der Waals surface area contributed by atoms with Gasteiger partial charge in [0, 0.05) is 25.9 Å². The summed E-state index contributed by atoms with van der Waals surface area (Å²) in [7, 11) is 0. The number of pyridine rings is 1. The second-order valence-electron chi connectivity index (χ2n) is 7.53. The lowest BCUT2D eigenvalue weighted by Gasteiger charge is -2.36. The average molecular weight is 445 g/mol. The van der Waals surface area contributed by atoms with Crippen LogP contribution in [0.5, 0.6) is 0 Å². The molecular formula is C20H18F3N7O2. The Morgan fingerprint density at radius 3 is 2.69 bits per heavy atom. The molecule has 32 heavy (non-hydrogen) atoms. The van der Waals surface area contributed by atoms with Crippen LogP contribution in [-0.2, 0) is 10.9 Å². The van der Waals surface area contributed by atoms with Gasteiger partial charge < -0.3 is 14.1 Å². The van der Waals surface area contributed by atoms with Gasteiger partial charge in [0.05, 0.1) is 24.4 Å². The van der Waals surface area contributed by atoms with Crippen molar-refractivity contribution < 1.29 is 22.3 Å². The number of imidazole rings is 1. The highest BCUT2D eigenvalue weighted by Gasteiger charge is 2.32. The number of ether oxygens (including phenoxy) is 1. The van der Waals surface area contributed by atoms with Crippen LogP contribution in [0, 0.1) is 6.92 Å². The van der Waals surface area contributed by atoms with Crippen molar-refractivity contribution in [1.29, 1.82) is 0 Å². The minimum atomic E-state index is -4.47. The zero-order valence-corrected chi connectivity index (χ0v) is 17.1. The molecule has 1 saturated heterocycles. The third-order valence-corrected chi connectivity index (χ3v) is 5.10. The van der Waals surface area contributed by atoms with E-state index in [1.54, 1.807) is 19.2 Å². The topological polar surface area (TPSA) is 94.5 Å². The Labute approximate surface area is 179 Å². The minimum absolute atomic E-state index is 0.135. The molecule has 4 aromatic rings. The van der Waals surface area contributed by atoms with Crippen LogP contribution in [0.15, 0.2) is 41.2 Å². The molecule has 0 radical (unpaired) electrons. The molecule has 0 aliphatic carbocycles. The lowest BCUT2D eigenvalue weighted by Crippen LogP contribution is -2.43. The molecule has 4 aromatic heterocycles. The van der Waals surface area contributed by atoms with Crippen molar-refractivity contribution in [3.05, 3.63) is 54.1 Å². The molecular weight excluding hydrogens is 427 g/mol. The zero-order chi connectivity index (χ0) is 22.5. The van der Waals surface area contributed by atoms with E-state index >= 15 is 0 Å². The van der Waals surface area contributed by atoms with Gasteiger partial charge in [-0.05, 0) is 25.1 Å². The summed E-state index contributed by atoms with van der Waals surface area (Å²) in [6.07, 6.45) is -1.01. The van der Waals surface area contributed by atoms with Crippen LogP contribution in [0.3, 0.4) is 0 Å². The number of rotatable bonds is 3. The number of aryl methyl sites for hydroxylation is 1. The maximum Gasteiger partial charge on any atom is 0.417 e. The van der Waals surface area contributed by atoms with Gasteiger partial charge in [-0.25, -0.2) is 15.0 Å². The van der Waals surface area contributed by atoms with E-state index in [2.05, 4.69) is 25.1 Å². The van der Waals surface area contributed by atoms with Gasteiger partial charge >= 0.3 is 6.18 Å². The predicted octanol–water partition coefficient (Wildman–Crippen LogP) is 3.47.